The molecule has 1 aliphatic heterocycles. The van der Waals surface area contributed by atoms with E-state index in [1.54, 1.807) is 11.3 Å². The van der Waals surface area contributed by atoms with E-state index in [1.165, 1.54) is 10.4 Å². The highest BCUT2D eigenvalue weighted by Gasteiger charge is 2.34. The van der Waals surface area contributed by atoms with Crippen molar-refractivity contribution in [2.45, 2.75) is 33.2 Å². The molecular weight excluding hydrogens is 298 g/mol. The molecule has 0 bridgehead atoms. The number of rotatable bonds is 7. The van der Waals surface area contributed by atoms with E-state index in [0.29, 0.717) is 13.2 Å². The summed E-state index contributed by atoms with van der Waals surface area (Å²) in [7, 11) is 0. The molecule has 1 saturated heterocycles. The summed E-state index contributed by atoms with van der Waals surface area (Å²) in [5.41, 5.74) is 1.33. The van der Waals surface area contributed by atoms with Crippen LogP contribution in [0.25, 0.3) is 0 Å². The van der Waals surface area contributed by atoms with E-state index in [-0.39, 0.29) is 12.0 Å². The molecule has 2 rings (SSSR count). The van der Waals surface area contributed by atoms with E-state index in [2.05, 4.69) is 40.9 Å². The van der Waals surface area contributed by atoms with E-state index < -0.39 is 0 Å². The van der Waals surface area contributed by atoms with Crippen LogP contribution in [0.4, 0.5) is 0 Å². The summed E-state index contributed by atoms with van der Waals surface area (Å²) < 4.78 is 5.53. The van der Waals surface area contributed by atoms with Crippen molar-refractivity contribution >= 4 is 17.3 Å². The number of aliphatic imine (C=N–C) groups is 1. The molecule has 0 saturated carbocycles. The Kier molecular flexibility index (Phi) is 6.67. The van der Waals surface area contributed by atoms with Gasteiger partial charge in [-0.1, -0.05) is 0 Å². The van der Waals surface area contributed by atoms with Crippen LogP contribution in [-0.4, -0.2) is 44.0 Å². The van der Waals surface area contributed by atoms with Crippen LogP contribution in [0, 0.1) is 12.3 Å². The van der Waals surface area contributed by atoms with Crippen LogP contribution < -0.4 is 10.6 Å². The first kappa shape index (κ1) is 17.2. The fourth-order valence-electron chi connectivity index (χ4n) is 2.64. The zero-order valence-corrected chi connectivity index (χ0v) is 14.3. The van der Waals surface area contributed by atoms with Crippen LogP contribution in [0.5, 0.6) is 0 Å². The summed E-state index contributed by atoms with van der Waals surface area (Å²) in [4.78, 5) is 5.97. The number of nitrogens with one attached hydrogen (secondary N) is 2. The number of aliphatic hydroxyl groups excluding tert-OH is 1. The minimum absolute atomic E-state index is 0.0315. The minimum atomic E-state index is 0.0315. The Hall–Kier alpha value is -1.11. The standard InChI is InChI=1S/C16H27N3O2S/c1-3-17-15(18-10-14-13(2)4-9-22-14)19-11-16(5-7-20)6-8-21-12-16/h4,9,20H,3,5-8,10-12H2,1-2H3,(H2,17,18,19). The highest BCUT2D eigenvalue weighted by molar-refractivity contribution is 7.10. The quantitative estimate of drug-likeness (QED) is 0.529. The van der Waals surface area contributed by atoms with Gasteiger partial charge in [0.1, 0.15) is 0 Å². The predicted octanol–water partition coefficient (Wildman–Crippen LogP) is 1.90. The number of guanidine groups is 1. The van der Waals surface area contributed by atoms with Gasteiger partial charge in [0.15, 0.2) is 5.96 Å². The molecule has 2 heterocycles. The van der Waals surface area contributed by atoms with Gasteiger partial charge < -0.3 is 20.5 Å². The van der Waals surface area contributed by atoms with Crippen LogP contribution >= 0.6 is 11.3 Å². The van der Waals surface area contributed by atoms with Crippen LogP contribution in [0.1, 0.15) is 30.2 Å². The van der Waals surface area contributed by atoms with E-state index in [4.69, 9.17) is 4.74 Å². The third-order valence-corrected chi connectivity index (χ3v) is 5.16. The molecule has 1 aliphatic rings. The molecule has 1 aromatic heterocycles. The molecular formula is C16H27N3O2S. The molecule has 1 fully saturated rings. The number of aliphatic hydroxyl groups is 1. The molecule has 5 nitrogen and oxygen atoms in total. The normalized spacial score (nSPS) is 22.0. The number of hydrogen-bond donors (Lipinski definition) is 3. The Morgan fingerprint density at radius 3 is 2.95 bits per heavy atom. The topological polar surface area (TPSA) is 65.9 Å². The summed E-state index contributed by atoms with van der Waals surface area (Å²) in [6.07, 6.45) is 1.76. The third kappa shape index (κ3) is 4.69. The minimum Gasteiger partial charge on any atom is -0.396 e. The van der Waals surface area contributed by atoms with Crippen molar-refractivity contribution in [2.24, 2.45) is 10.4 Å². The van der Waals surface area contributed by atoms with E-state index >= 15 is 0 Å². The maximum absolute atomic E-state index is 9.29. The van der Waals surface area contributed by atoms with Crippen molar-refractivity contribution in [1.82, 2.24) is 10.6 Å². The lowest BCUT2D eigenvalue weighted by Crippen LogP contribution is -2.44. The Bertz CT molecular complexity index is 481. The van der Waals surface area contributed by atoms with Gasteiger partial charge in [-0.05, 0) is 43.7 Å². The Balaban J connectivity index is 1.94. The second kappa shape index (κ2) is 8.50. The van der Waals surface area contributed by atoms with Gasteiger partial charge in [0, 0.05) is 36.6 Å². The van der Waals surface area contributed by atoms with Crippen LogP contribution in [0.15, 0.2) is 16.4 Å². The fraction of sp³-hybridized carbons (Fsp3) is 0.688. The lowest BCUT2D eigenvalue weighted by molar-refractivity contribution is 0.127. The van der Waals surface area contributed by atoms with Crippen molar-refractivity contribution < 1.29 is 9.84 Å². The molecule has 0 aromatic carbocycles. The molecule has 0 radical (unpaired) electrons. The van der Waals surface area contributed by atoms with Gasteiger partial charge in [-0.3, -0.25) is 0 Å². The molecule has 1 aromatic rings. The second-order valence-electron chi connectivity index (χ2n) is 5.85. The third-order valence-electron chi connectivity index (χ3n) is 4.15. The van der Waals surface area contributed by atoms with Crippen LogP contribution in [0.3, 0.4) is 0 Å². The number of nitrogens with zero attached hydrogens (tertiary/aromatic N) is 1. The summed E-state index contributed by atoms with van der Waals surface area (Å²) >= 11 is 1.74. The maximum Gasteiger partial charge on any atom is 0.191 e. The average molecular weight is 325 g/mol. The van der Waals surface area contributed by atoms with Crippen molar-refractivity contribution in [3.8, 4) is 0 Å². The number of ether oxygens (including phenoxy) is 1. The van der Waals surface area contributed by atoms with Crippen molar-refractivity contribution in [1.29, 1.82) is 0 Å². The number of hydrogen-bond acceptors (Lipinski definition) is 4. The SMILES string of the molecule is CCNC(=NCc1sccc1C)NCC1(CCO)CCOC1. The van der Waals surface area contributed by atoms with Gasteiger partial charge in [0.2, 0.25) is 0 Å². The summed E-state index contributed by atoms with van der Waals surface area (Å²) in [6, 6.07) is 2.13. The van der Waals surface area contributed by atoms with Crippen molar-refractivity contribution in [3.63, 3.8) is 0 Å². The smallest absolute Gasteiger partial charge is 0.191 e. The zero-order valence-electron chi connectivity index (χ0n) is 13.5. The van der Waals surface area contributed by atoms with Crippen molar-refractivity contribution in [2.75, 3.05) is 32.9 Å². The highest BCUT2D eigenvalue weighted by atomic mass is 32.1. The Labute approximate surface area is 136 Å². The zero-order chi connectivity index (χ0) is 15.8. The first-order valence-electron chi connectivity index (χ1n) is 7.93. The molecule has 0 spiro atoms. The molecule has 3 N–H and O–H groups in total. The van der Waals surface area contributed by atoms with Gasteiger partial charge in [-0.25, -0.2) is 4.99 Å². The monoisotopic (exact) mass is 325 g/mol. The maximum atomic E-state index is 9.29. The summed E-state index contributed by atoms with van der Waals surface area (Å²) in [5, 5.41) is 18.1. The first-order chi connectivity index (χ1) is 10.7. The fourth-order valence-corrected chi connectivity index (χ4v) is 3.47. The van der Waals surface area contributed by atoms with Gasteiger partial charge in [-0.15, -0.1) is 11.3 Å². The molecule has 124 valence electrons. The largest absolute Gasteiger partial charge is 0.396 e. The average Bonchev–Trinajstić information content (AvgIpc) is 3.12. The van der Waals surface area contributed by atoms with Gasteiger partial charge in [0.05, 0.1) is 13.2 Å². The van der Waals surface area contributed by atoms with Gasteiger partial charge in [-0.2, -0.15) is 0 Å². The van der Waals surface area contributed by atoms with Crippen molar-refractivity contribution in [3.05, 3.63) is 21.9 Å². The Morgan fingerprint density at radius 1 is 1.50 bits per heavy atom. The first-order valence-corrected chi connectivity index (χ1v) is 8.81. The van der Waals surface area contributed by atoms with Crippen LogP contribution in [0.2, 0.25) is 0 Å². The predicted molar refractivity (Wildman–Crippen MR) is 91.4 cm³/mol. The summed E-state index contributed by atoms with van der Waals surface area (Å²) in [6.45, 7) is 8.19. The van der Waals surface area contributed by atoms with Gasteiger partial charge in [0.25, 0.3) is 0 Å². The highest BCUT2D eigenvalue weighted by Crippen LogP contribution is 2.31. The molecule has 1 atom stereocenters. The Morgan fingerprint density at radius 2 is 2.36 bits per heavy atom. The second-order valence-corrected chi connectivity index (χ2v) is 6.85. The van der Waals surface area contributed by atoms with E-state index in [9.17, 15) is 5.11 Å². The molecule has 1 unspecified atom stereocenters. The van der Waals surface area contributed by atoms with Gasteiger partial charge >= 0.3 is 0 Å². The lowest BCUT2D eigenvalue weighted by atomic mass is 9.84. The molecule has 0 amide bonds. The summed E-state index contributed by atoms with van der Waals surface area (Å²) in [5.74, 6) is 0.833. The van der Waals surface area contributed by atoms with Crippen LogP contribution in [-0.2, 0) is 11.3 Å². The van der Waals surface area contributed by atoms with E-state index in [1.807, 2.05) is 0 Å². The number of thiophene rings is 1. The van der Waals surface area contributed by atoms with E-state index in [0.717, 1.165) is 38.5 Å². The lowest BCUT2D eigenvalue weighted by Gasteiger charge is -2.27. The molecule has 6 heteroatoms. The molecule has 22 heavy (non-hydrogen) atoms. The molecule has 0 aliphatic carbocycles. The number of aryl methyl sites for hydroxylation is 1.